The van der Waals surface area contributed by atoms with Gasteiger partial charge in [0.1, 0.15) is 6.54 Å². The Morgan fingerprint density at radius 2 is 2.03 bits per heavy atom. The standard InChI is InChI=1S/C21H27N3O4S2/c1-3-28-20(27)12-24-16-9-4-5-10-17(16)30-21(24)22-18(25)13-29-14-19(26)23-11-7-6-8-15(23)2/h4-5,9-10,15H,3,6-8,11-14H2,1-2H3. The Kier molecular flexibility index (Phi) is 8.09. The fourth-order valence-corrected chi connectivity index (χ4v) is 5.24. The molecule has 0 aliphatic carbocycles. The van der Waals surface area contributed by atoms with Crippen LogP contribution in [0.1, 0.15) is 33.1 Å². The van der Waals surface area contributed by atoms with E-state index in [4.69, 9.17) is 4.74 Å². The molecule has 0 saturated carbocycles. The first-order valence-corrected chi connectivity index (χ1v) is 12.2. The maximum absolute atomic E-state index is 12.4. The van der Waals surface area contributed by atoms with Crippen molar-refractivity contribution >= 4 is 51.1 Å². The predicted octanol–water partition coefficient (Wildman–Crippen LogP) is 2.83. The second-order valence-electron chi connectivity index (χ2n) is 7.17. The van der Waals surface area contributed by atoms with Gasteiger partial charge in [0, 0.05) is 12.6 Å². The summed E-state index contributed by atoms with van der Waals surface area (Å²) in [5.74, 6) is -0.198. The minimum absolute atomic E-state index is 0.00242. The molecular formula is C21H27N3O4S2. The van der Waals surface area contributed by atoms with E-state index in [9.17, 15) is 14.4 Å². The number of ether oxygens (including phenoxy) is 1. The normalized spacial score (nSPS) is 17.3. The second-order valence-corrected chi connectivity index (χ2v) is 9.17. The summed E-state index contributed by atoms with van der Waals surface area (Å²) in [6.07, 6.45) is 3.24. The number of hydrogen-bond donors (Lipinski definition) is 0. The van der Waals surface area contributed by atoms with E-state index in [-0.39, 0.29) is 41.9 Å². The van der Waals surface area contributed by atoms with E-state index < -0.39 is 0 Å². The Labute approximate surface area is 184 Å². The van der Waals surface area contributed by atoms with Crippen LogP contribution in [0.5, 0.6) is 0 Å². The lowest BCUT2D eigenvalue weighted by Crippen LogP contribution is -2.43. The third-order valence-corrected chi connectivity index (χ3v) is 6.94. The van der Waals surface area contributed by atoms with Crippen LogP contribution in [0, 0.1) is 0 Å². The predicted molar refractivity (Wildman–Crippen MR) is 119 cm³/mol. The highest BCUT2D eigenvalue weighted by Gasteiger charge is 2.23. The molecule has 2 heterocycles. The van der Waals surface area contributed by atoms with Gasteiger partial charge in [-0.15, -0.1) is 11.8 Å². The number of hydrogen-bond acceptors (Lipinski definition) is 6. The van der Waals surface area contributed by atoms with E-state index in [1.807, 2.05) is 29.2 Å². The maximum atomic E-state index is 12.4. The molecule has 0 bridgehead atoms. The zero-order valence-corrected chi connectivity index (χ0v) is 19.0. The Morgan fingerprint density at radius 1 is 1.23 bits per heavy atom. The topological polar surface area (TPSA) is 81.0 Å². The molecule has 1 unspecified atom stereocenters. The Hall–Kier alpha value is -2.13. The summed E-state index contributed by atoms with van der Waals surface area (Å²) < 4.78 is 7.70. The van der Waals surface area contributed by atoms with Gasteiger partial charge in [0.25, 0.3) is 5.91 Å². The lowest BCUT2D eigenvalue weighted by atomic mass is 10.0. The maximum Gasteiger partial charge on any atom is 0.326 e. The molecule has 2 amide bonds. The molecule has 9 heteroatoms. The molecule has 0 spiro atoms. The number of esters is 1. The Morgan fingerprint density at radius 3 is 2.80 bits per heavy atom. The van der Waals surface area contributed by atoms with Crippen LogP contribution in [0.2, 0.25) is 0 Å². The van der Waals surface area contributed by atoms with Gasteiger partial charge in [-0.05, 0) is 45.2 Å². The zero-order chi connectivity index (χ0) is 21.5. The van der Waals surface area contributed by atoms with Gasteiger partial charge in [-0.2, -0.15) is 4.99 Å². The third kappa shape index (κ3) is 5.72. The number of thioether (sulfide) groups is 1. The number of benzene rings is 1. The van der Waals surface area contributed by atoms with E-state index in [0.717, 1.165) is 36.0 Å². The summed E-state index contributed by atoms with van der Waals surface area (Å²) in [4.78, 5) is 43.5. The van der Waals surface area contributed by atoms with Crippen molar-refractivity contribution in [3.8, 4) is 0 Å². The molecule has 1 saturated heterocycles. The molecule has 2 aromatic rings. The van der Waals surface area contributed by atoms with Crippen molar-refractivity contribution in [2.45, 2.75) is 45.7 Å². The van der Waals surface area contributed by atoms with Crippen LogP contribution in [0.15, 0.2) is 29.3 Å². The highest BCUT2D eigenvalue weighted by atomic mass is 32.2. The summed E-state index contributed by atoms with van der Waals surface area (Å²) >= 11 is 2.65. The van der Waals surface area contributed by atoms with Gasteiger partial charge in [0.2, 0.25) is 5.91 Å². The summed E-state index contributed by atoms with van der Waals surface area (Å²) in [5.41, 5.74) is 0.837. The summed E-state index contributed by atoms with van der Waals surface area (Å²) in [6, 6.07) is 7.88. The fraction of sp³-hybridized carbons (Fsp3) is 0.524. The molecule has 1 fully saturated rings. The SMILES string of the molecule is CCOC(=O)Cn1c(=NC(=O)CSCC(=O)N2CCCCC2C)sc2ccccc21. The zero-order valence-electron chi connectivity index (χ0n) is 17.3. The average molecular weight is 450 g/mol. The van der Waals surface area contributed by atoms with Crippen LogP contribution < -0.4 is 4.80 Å². The summed E-state index contributed by atoms with van der Waals surface area (Å²) in [7, 11) is 0. The van der Waals surface area contributed by atoms with Gasteiger partial charge in [-0.3, -0.25) is 14.4 Å². The van der Waals surface area contributed by atoms with Crippen molar-refractivity contribution in [1.82, 2.24) is 9.47 Å². The van der Waals surface area contributed by atoms with Crippen molar-refractivity contribution in [1.29, 1.82) is 0 Å². The Bertz CT molecular complexity index is 982. The second kappa shape index (κ2) is 10.8. The number of thiazole rings is 1. The molecule has 1 aromatic heterocycles. The Balaban J connectivity index is 1.67. The molecule has 162 valence electrons. The number of amides is 2. The van der Waals surface area contributed by atoms with Crippen LogP contribution in [0.25, 0.3) is 10.2 Å². The third-order valence-electron chi connectivity index (χ3n) is 4.98. The number of likely N-dealkylation sites (tertiary alicyclic amines) is 1. The van der Waals surface area contributed by atoms with E-state index in [1.54, 1.807) is 11.5 Å². The average Bonchev–Trinajstić information content (AvgIpc) is 3.05. The number of carbonyl (C=O) groups is 3. The lowest BCUT2D eigenvalue weighted by Gasteiger charge is -2.33. The van der Waals surface area contributed by atoms with E-state index in [0.29, 0.717) is 11.4 Å². The molecule has 0 radical (unpaired) electrons. The van der Waals surface area contributed by atoms with Gasteiger partial charge in [0.15, 0.2) is 4.80 Å². The number of para-hydroxylation sites is 1. The molecule has 7 nitrogen and oxygen atoms in total. The molecular weight excluding hydrogens is 422 g/mol. The first-order valence-electron chi connectivity index (χ1n) is 10.2. The first kappa shape index (κ1) is 22.6. The van der Waals surface area contributed by atoms with Gasteiger partial charge in [-0.25, -0.2) is 0 Å². The van der Waals surface area contributed by atoms with Crippen molar-refractivity contribution in [2.24, 2.45) is 4.99 Å². The monoisotopic (exact) mass is 449 g/mol. The molecule has 3 rings (SSSR count). The van der Waals surface area contributed by atoms with Crippen molar-refractivity contribution in [2.75, 3.05) is 24.7 Å². The van der Waals surface area contributed by atoms with Crippen LogP contribution in [-0.4, -0.2) is 57.9 Å². The molecule has 1 aliphatic rings. The quantitative estimate of drug-likeness (QED) is 0.607. The highest BCUT2D eigenvalue weighted by Crippen LogP contribution is 2.18. The van der Waals surface area contributed by atoms with Crippen molar-refractivity contribution < 1.29 is 19.1 Å². The summed E-state index contributed by atoms with van der Waals surface area (Å²) in [5, 5.41) is 0. The van der Waals surface area contributed by atoms with Crippen LogP contribution in [-0.2, 0) is 25.7 Å². The molecule has 1 aromatic carbocycles. The van der Waals surface area contributed by atoms with E-state index >= 15 is 0 Å². The van der Waals surface area contributed by atoms with Crippen LogP contribution in [0.4, 0.5) is 0 Å². The van der Waals surface area contributed by atoms with Gasteiger partial charge < -0.3 is 14.2 Å². The van der Waals surface area contributed by atoms with Gasteiger partial charge >= 0.3 is 5.97 Å². The van der Waals surface area contributed by atoms with Crippen LogP contribution in [0.3, 0.4) is 0 Å². The van der Waals surface area contributed by atoms with E-state index in [2.05, 4.69) is 11.9 Å². The number of rotatable bonds is 7. The fourth-order valence-electron chi connectivity index (χ4n) is 3.51. The number of nitrogens with zero attached hydrogens (tertiary/aromatic N) is 3. The van der Waals surface area contributed by atoms with Gasteiger partial charge in [-0.1, -0.05) is 23.5 Å². The number of carbonyl (C=O) groups excluding carboxylic acids is 3. The van der Waals surface area contributed by atoms with Crippen LogP contribution >= 0.6 is 23.1 Å². The largest absolute Gasteiger partial charge is 0.465 e. The molecule has 1 atom stereocenters. The minimum atomic E-state index is -0.370. The molecule has 1 aliphatic heterocycles. The lowest BCUT2D eigenvalue weighted by molar-refractivity contribution is -0.143. The number of piperidine rings is 1. The number of fused-ring (bicyclic) bond motifs is 1. The molecule has 30 heavy (non-hydrogen) atoms. The van der Waals surface area contributed by atoms with E-state index in [1.165, 1.54) is 23.1 Å². The first-order chi connectivity index (χ1) is 14.5. The highest BCUT2D eigenvalue weighted by molar-refractivity contribution is 8.00. The number of aromatic nitrogens is 1. The minimum Gasteiger partial charge on any atom is -0.465 e. The smallest absolute Gasteiger partial charge is 0.326 e. The molecule has 0 N–H and O–H groups in total. The summed E-state index contributed by atoms with van der Waals surface area (Å²) in [6.45, 7) is 4.93. The van der Waals surface area contributed by atoms with Gasteiger partial charge in [0.05, 0.1) is 28.3 Å². The van der Waals surface area contributed by atoms with Crippen molar-refractivity contribution in [3.63, 3.8) is 0 Å². The van der Waals surface area contributed by atoms with Crippen molar-refractivity contribution in [3.05, 3.63) is 29.1 Å².